The van der Waals surface area contributed by atoms with Crippen LogP contribution in [0.1, 0.15) is 33.1 Å². The van der Waals surface area contributed by atoms with Gasteiger partial charge in [0.15, 0.2) is 0 Å². The van der Waals surface area contributed by atoms with Crippen LogP contribution in [0.3, 0.4) is 0 Å². The minimum Gasteiger partial charge on any atom is -0.303 e. The summed E-state index contributed by atoms with van der Waals surface area (Å²) in [4.78, 5) is 10.7. The number of fused-ring (bicyclic) bond motifs is 2. The molecular formula is C10H16O. The van der Waals surface area contributed by atoms with Crippen LogP contribution in [0.15, 0.2) is 0 Å². The van der Waals surface area contributed by atoms with Gasteiger partial charge in [0, 0.05) is 5.92 Å². The summed E-state index contributed by atoms with van der Waals surface area (Å²) in [6, 6.07) is 0. The third kappa shape index (κ3) is 0.800. The highest BCUT2D eigenvalue weighted by Crippen LogP contribution is 2.60. The second-order valence-electron chi connectivity index (χ2n) is 4.74. The first-order chi connectivity index (χ1) is 5.16. The lowest BCUT2D eigenvalue weighted by Crippen LogP contribution is -2.52. The molecule has 0 heterocycles. The molecule has 62 valence electrons. The molecule has 0 aromatic carbocycles. The molecular weight excluding hydrogens is 136 g/mol. The number of hydrogen-bond donors (Lipinski definition) is 0. The van der Waals surface area contributed by atoms with Crippen LogP contribution in [0.5, 0.6) is 0 Å². The summed E-state index contributed by atoms with van der Waals surface area (Å²) in [6.45, 7) is 4.64. The fraction of sp³-hybridized carbons (Fsp3) is 0.900. The number of hydrogen-bond acceptors (Lipinski definition) is 1. The molecule has 1 unspecified atom stereocenters. The van der Waals surface area contributed by atoms with Gasteiger partial charge in [0.1, 0.15) is 6.29 Å². The summed E-state index contributed by atoms with van der Waals surface area (Å²) in [5.74, 6) is 2.01. The van der Waals surface area contributed by atoms with Gasteiger partial charge in [-0.1, -0.05) is 13.8 Å². The SMILES string of the molecule is CC1(C)[C@@H]2CCC(C=O)[C@H]1C2. The maximum absolute atomic E-state index is 10.7. The van der Waals surface area contributed by atoms with Crippen molar-refractivity contribution in [2.45, 2.75) is 33.1 Å². The van der Waals surface area contributed by atoms with Crippen molar-refractivity contribution in [1.29, 1.82) is 0 Å². The minimum atomic E-state index is 0.384. The fourth-order valence-electron chi connectivity index (χ4n) is 3.03. The molecule has 0 saturated heterocycles. The number of aldehydes is 1. The smallest absolute Gasteiger partial charge is 0.123 e. The molecule has 3 rings (SSSR count). The van der Waals surface area contributed by atoms with E-state index < -0.39 is 0 Å². The topological polar surface area (TPSA) is 17.1 Å². The Labute approximate surface area is 68.2 Å². The Bertz CT molecular complexity index is 181. The monoisotopic (exact) mass is 152 g/mol. The molecule has 0 aromatic rings. The molecule has 1 heteroatoms. The minimum absolute atomic E-state index is 0.384. The lowest BCUT2D eigenvalue weighted by atomic mass is 9.46. The molecule has 0 N–H and O–H groups in total. The van der Waals surface area contributed by atoms with Gasteiger partial charge in [-0.05, 0) is 36.5 Å². The van der Waals surface area contributed by atoms with Gasteiger partial charge in [-0.25, -0.2) is 0 Å². The Kier molecular flexibility index (Phi) is 1.39. The van der Waals surface area contributed by atoms with Crippen molar-refractivity contribution in [1.82, 2.24) is 0 Å². The van der Waals surface area contributed by atoms with E-state index in [-0.39, 0.29) is 0 Å². The number of carbonyl (C=O) groups excluding carboxylic acids is 1. The van der Waals surface area contributed by atoms with Crippen molar-refractivity contribution < 1.29 is 4.79 Å². The molecule has 0 amide bonds. The first kappa shape index (κ1) is 7.33. The molecule has 2 bridgehead atoms. The molecule has 0 aromatic heterocycles. The number of carbonyl (C=O) groups is 1. The zero-order valence-electron chi connectivity index (χ0n) is 7.34. The van der Waals surface area contributed by atoms with Gasteiger partial charge < -0.3 is 4.79 Å². The van der Waals surface area contributed by atoms with E-state index in [1.807, 2.05) is 0 Å². The summed E-state index contributed by atoms with van der Waals surface area (Å²) in [6.07, 6.45) is 4.94. The summed E-state index contributed by atoms with van der Waals surface area (Å²) in [5.41, 5.74) is 0.476. The van der Waals surface area contributed by atoms with E-state index in [2.05, 4.69) is 13.8 Å². The van der Waals surface area contributed by atoms with Crippen molar-refractivity contribution in [3.8, 4) is 0 Å². The third-order valence-corrected chi connectivity index (χ3v) is 4.09. The van der Waals surface area contributed by atoms with E-state index in [0.29, 0.717) is 17.3 Å². The summed E-state index contributed by atoms with van der Waals surface area (Å²) < 4.78 is 0. The molecule has 11 heavy (non-hydrogen) atoms. The quantitative estimate of drug-likeness (QED) is 0.527. The molecule has 0 spiro atoms. The van der Waals surface area contributed by atoms with E-state index >= 15 is 0 Å². The Morgan fingerprint density at radius 1 is 1.36 bits per heavy atom. The van der Waals surface area contributed by atoms with Gasteiger partial charge >= 0.3 is 0 Å². The standard InChI is InChI=1S/C10H16O/c1-10(2)8-4-3-7(6-11)9(10)5-8/h6-9H,3-5H2,1-2H3/t7?,8-,9-/m1/s1. The summed E-state index contributed by atoms with van der Waals surface area (Å²) in [7, 11) is 0. The van der Waals surface area contributed by atoms with Gasteiger partial charge in [0.25, 0.3) is 0 Å². The van der Waals surface area contributed by atoms with Gasteiger partial charge in [-0.3, -0.25) is 0 Å². The van der Waals surface area contributed by atoms with Crippen LogP contribution in [0.2, 0.25) is 0 Å². The highest BCUT2D eigenvalue weighted by Gasteiger charge is 2.53. The average molecular weight is 152 g/mol. The molecule has 0 radical (unpaired) electrons. The Morgan fingerprint density at radius 2 is 2.09 bits per heavy atom. The average Bonchev–Trinajstić information content (AvgIpc) is 2.04. The van der Waals surface area contributed by atoms with Crippen molar-refractivity contribution >= 4 is 6.29 Å². The zero-order valence-corrected chi connectivity index (χ0v) is 7.34. The highest BCUT2D eigenvalue weighted by molar-refractivity contribution is 5.55. The Morgan fingerprint density at radius 3 is 2.45 bits per heavy atom. The maximum atomic E-state index is 10.7. The summed E-state index contributed by atoms with van der Waals surface area (Å²) >= 11 is 0. The van der Waals surface area contributed by atoms with Crippen LogP contribution in [-0.2, 0) is 4.79 Å². The Balaban J connectivity index is 2.16. The first-order valence-electron chi connectivity index (χ1n) is 4.61. The van der Waals surface area contributed by atoms with Gasteiger partial charge in [0.05, 0.1) is 0 Å². The van der Waals surface area contributed by atoms with Crippen molar-refractivity contribution in [2.24, 2.45) is 23.2 Å². The van der Waals surface area contributed by atoms with E-state index in [4.69, 9.17) is 0 Å². The fourth-order valence-corrected chi connectivity index (χ4v) is 3.03. The van der Waals surface area contributed by atoms with Crippen molar-refractivity contribution in [3.05, 3.63) is 0 Å². The predicted molar refractivity (Wildman–Crippen MR) is 44.2 cm³/mol. The first-order valence-corrected chi connectivity index (χ1v) is 4.61. The second-order valence-corrected chi connectivity index (χ2v) is 4.74. The van der Waals surface area contributed by atoms with Crippen LogP contribution in [0.4, 0.5) is 0 Å². The van der Waals surface area contributed by atoms with Gasteiger partial charge in [-0.2, -0.15) is 0 Å². The molecule has 0 aliphatic heterocycles. The van der Waals surface area contributed by atoms with E-state index in [9.17, 15) is 4.79 Å². The second kappa shape index (κ2) is 2.09. The van der Waals surface area contributed by atoms with E-state index in [1.54, 1.807) is 0 Å². The Hall–Kier alpha value is -0.330. The van der Waals surface area contributed by atoms with Gasteiger partial charge in [-0.15, -0.1) is 0 Å². The van der Waals surface area contributed by atoms with E-state index in [0.717, 1.165) is 12.3 Å². The molecule has 1 nitrogen and oxygen atoms in total. The highest BCUT2D eigenvalue weighted by atomic mass is 16.1. The normalized spacial score (nSPS) is 46.2. The van der Waals surface area contributed by atoms with Crippen LogP contribution < -0.4 is 0 Å². The third-order valence-electron chi connectivity index (χ3n) is 4.09. The molecule has 3 aliphatic carbocycles. The lowest BCUT2D eigenvalue weighted by molar-refractivity contribution is -0.134. The largest absolute Gasteiger partial charge is 0.303 e. The maximum Gasteiger partial charge on any atom is 0.123 e. The molecule has 3 saturated carbocycles. The van der Waals surface area contributed by atoms with Crippen LogP contribution in [0.25, 0.3) is 0 Å². The lowest BCUT2D eigenvalue weighted by Gasteiger charge is -2.59. The van der Waals surface area contributed by atoms with Crippen LogP contribution >= 0.6 is 0 Å². The van der Waals surface area contributed by atoms with Gasteiger partial charge in [0.2, 0.25) is 0 Å². The van der Waals surface area contributed by atoms with Crippen molar-refractivity contribution in [3.63, 3.8) is 0 Å². The number of rotatable bonds is 1. The van der Waals surface area contributed by atoms with Crippen LogP contribution in [0, 0.1) is 23.2 Å². The van der Waals surface area contributed by atoms with Crippen LogP contribution in [-0.4, -0.2) is 6.29 Å². The van der Waals surface area contributed by atoms with E-state index in [1.165, 1.54) is 19.1 Å². The van der Waals surface area contributed by atoms with Crippen molar-refractivity contribution in [2.75, 3.05) is 0 Å². The molecule has 3 aliphatic rings. The predicted octanol–water partition coefficient (Wildman–Crippen LogP) is 2.26. The summed E-state index contributed by atoms with van der Waals surface area (Å²) in [5, 5.41) is 0. The zero-order chi connectivity index (χ0) is 8.06. The molecule has 3 atom stereocenters. The molecule has 3 fully saturated rings.